The van der Waals surface area contributed by atoms with Gasteiger partial charge in [0.25, 0.3) is 0 Å². The molecule has 0 aromatic heterocycles. The van der Waals surface area contributed by atoms with Gasteiger partial charge in [-0.05, 0) is 6.42 Å². The number of hydrogen-bond acceptors (Lipinski definition) is 1. The predicted molar refractivity (Wildman–Crippen MR) is 45.2 cm³/mol. The van der Waals surface area contributed by atoms with E-state index in [2.05, 4.69) is 11.3 Å². The van der Waals surface area contributed by atoms with Crippen molar-refractivity contribution < 1.29 is 17.9 Å². The summed E-state index contributed by atoms with van der Waals surface area (Å²) in [5, 5.41) is 0. The van der Waals surface area contributed by atoms with Crippen LogP contribution in [-0.2, 0) is 4.74 Å². The first-order chi connectivity index (χ1) is 5.97. The number of allylic oxidation sites excluding steroid dienone is 3. The maximum Gasteiger partial charge on any atom is 0.419 e. The summed E-state index contributed by atoms with van der Waals surface area (Å²) in [6.07, 6.45) is -2.70. The second-order valence-electron chi connectivity index (χ2n) is 2.49. The molecular weight excluding hydrogens is 181 g/mol. The SMILES string of the molecule is C=C/C(=C(/CCC)OC)C(F)(F)F. The molecule has 0 saturated heterocycles. The molecule has 13 heavy (non-hydrogen) atoms. The summed E-state index contributed by atoms with van der Waals surface area (Å²) in [6, 6.07) is 0. The van der Waals surface area contributed by atoms with E-state index in [0.717, 1.165) is 6.08 Å². The van der Waals surface area contributed by atoms with Crippen LogP contribution in [0.1, 0.15) is 19.8 Å². The fourth-order valence-corrected chi connectivity index (χ4v) is 0.961. The first-order valence-corrected chi connectivity index (χ1v) is 3.94. The number of rotatable bonds is 4. The average Bonchev–Trinajstić information content (AvgIpc) is 2.01. The Balaban J connectivity index is 4.93. The summed E-state index contributed by atoms with van der Waals surface area (Å²) in [4.78, 5) is 0. The van der Waals surface area contributed by atoms with Crippen molar-refractivity contribution >= 4 is 0 Å². The zero-order chi connectivity index (χ0) is 10.5. The maximum absolute atomic E-state index is 12.3. The van der Waals surface area contributed by atoms with Gasteiger partial charge in [0, 0.05) is 6.42 Å². The van der Waals surface area contributed by atoms with Crippen molar-refractivity contribution in [3.63, 3.8) is 0 Å². The Morgan fingerprint density at radius 1 is 1.46 bits per heavy atom. The van der Waals surface area contributed by atoms with E-state index in [0.29, 0.717) is 6.42 Å². The maximum atomic E-state index is 12.3. The largest absolute Gasteiger partial charge is 0.500 e. The fraction of sp³-hybridized carbons (Fsp3) is 0.556. The highest BCUT2D eigenvalue weighted by molar-refractivity contribution is 5.25. The minimum absolute atomic E-state index is 0.0509. The van der Waals surface area contributed by atoms with Crippen molar-refractivity contribution in [3.05, 3.63) is 24.0 Å². The van der Waals surface area contributed by atoms with Crippen LogP contribution in [-0.4, -0.2) is 13.3 Å². The van der Waals surface area contributed by atoms with Gasteiger partial charge in [-0.25, -0.2) is 0 Å². The van der Waals surface area contributed by atoms with Gasteiger partial charge in [0.2, 0.25) is 0 Å². The molecule has 0 radical (unpaired) electrons. The summed E-state index contributed by atoms with van der Waals surface area (Å²) in [7, 11) is 1.24. The van der Waals surface area contributed by atoms with E-state index in [-0.39, 0.29) is 12.2 Å². The Labute approximate surface area is 75.9 Å². The Bertz CT molecular complexity index is 203. The zero-order valence-corrected chi connectivity index (χ0v) is 7.74. The lowest BCUT2D eigenvalue weighted by atomic mass is 10.1. The van der Waals surface area contributed by atoms with Crippen LogP contribution in [0.5, 0.6) is 0 Å². The van der Waals surface area contributed by atoms with Gasteiger partial charge < -0.3 is 4.74 Å². The molecule has 0 amide bonds. The van der Waals surface area contributed by atoms with E-state index in [1.807, 2.05) is 0 Å². The molecule has 0 aromatic carbocycles. The van der Waals surface area contributed by atoms with Gasteiger partial charge in [-0.3, -0.25) is 0 Å². The second-order valence-corrected chi connectivity index (χ2v) is 2.49. The summed E-state index contributed by atoms with van der Waals surface area (Å²) < 4.78 is 41.5. The third-order valence-electron chi connectivity index (χ3n) is 1.53. The number of hydrogen-bond donors (Lipinski definition) is 0. The molecule has 0 rings (SSSR count). The first kappa shape index (κ1) is 12.1. The normalized spacial score (nSPS) is 13.6. The van der Waals surface area contributed by atoms with Crippen molar-refractivity contribution in [2.45, 2.75) is 25.9 Å². The first-order valence-electron chi connectivity index (χ1n) is 3.94. The molecule has 4 heteroatoms. The Hall–Kier alpha value is -0.930. The van der Waals surface area contributed by atoms with Crippen LogP contribution in [0.25, 0.3) is 0 Å². The van der Waals surface area contributed by atoms with E-state index in [9.17, 15) is 13.2 Å². The Morgan fingerprint density at radius 2 is 2.00 bits per heavy atom. The molecule has 0 bridgehead atoms. The van der Waals surface area contributed by atoms with Gasteiger partial charge in [-0.2, -0.15) is 13.2 Å². The summed E-state index contributed by atoms with van der Waals surface area (Å²) in [5.41, 5.74) is -0.781. The molecule has 0 atom stereocenters. The van der Waals surface area contributed by atoms with Crippen LogP contribution < -0.4 is 0 Å². The lowest BCUT2D eigenvalue weighted by molar-refractivity contribution is -0.0915. The monoisotopic (exact) mass is 194 g/mol. The third-order valence-corrected chi connectivity index (χ3v) is 1.53. The lowest BCUT2D eigenvalue weighted by Gasteiger charge is -2.13. The quantitative estimate of drug-likeness (QED) is 0.492. The average molecular weight is 194 g/mol. The van der Waals surface area contributed by atoms with Crippen molar-refractivity contribution in [2.75, 3.05) is 7.11 Å². The van der Waals surface area contributed by atoms with Crippen LogP contribution in [0.2, 0.25) is 0 Å². The second kappa shape index (κ2) is 4.94. The van der Waals surface area contributed by atoms with E-state index in [1.165, 1.54) is 7.11 Å². The van der Waals surface area contributed by atoms with Gasteiger partial charge in [-0.15, -0.1) is 0 Å². The molecule has 0 heterocycles. The molecule has 0 aliphatic rings. The highest BCUT2D eigenvalue weighted by Crippen LogP contribution is 2.30. The molecule has 0 unspecified atom stereocenters. The van der Waals surface area contributed by atoms with Gasteiger partial charge in [0.15, 0.2) is 0 Å². The van der Waals surface area contributed by atoms with E-state index >= 15 is 0 Å². The van der Waals surface area contributed by atoms with Gasteiger partial charge in [0.05, 0.1) is 12.7 Å². The molecule has 1 nitrogen and oxygen atoms in total. The van der Waals surface area contributed by atoms with E-state index in [4.69, 9.17) is 0 Å². The van der Waals surface area contributed by atoms with Crippen molar-refractivity contribution in [3.8, 4) is 0 Å². The zero-order valence-electron chi connectivity index (χ0n) is 7.74. The molecule has 0 spiro atoms. The van der Waals surface area contributed by atoms with E-state index < -0.39 is 11.7 Å². The van der Waals surface area contributed by atoms with Crippen LogP contribution in [0.4, 0.5) is 13.2 Å². The van der Waals surface area contributed by atoms with Crippen LogP contribution in [0.15, 0.2) is 24.0 Å². The van der Waals surface area contributed by atoms with E-state index in [1.54, 1.807) is 6.92 Å². The van der Waals surface area contributed by atoms with Crippen molar-refractivity contribution in [2.24, 2.45) is 0 Å². The fourth-order valence-electron chi connectivity index (χ4n) is 0.961. The van der Waals surface area contributed by atoms with Gasteiger partial charge in [-0.1, -0.05) is 19.6 Å². The van der Waals surface area contributed by atoms with Crippen LogP contribution >= 0.6 is 0 Å². The molecular formula is C9H13F3O. The highest BCUT2D eigenvalue weighted by atomic mass is 19.4. The number of methoxy groups -OCH3 is 1. The smallest absolute Gasteiger partial charge is 0.419 e. The third kappa shape index (κ3) is 3.53. The molecule has 0 aliphatic heterocycles. The molecule has 0 saturated carbocycles. The molecule has 0 N–H and O–H groups in total. The topological polar surface area (TPSA) is 9.23 Å². The van der Waals surface area contributed by atoms with Crippen molar-refractivity contribution in [1.82, 2.24) is 0 Å². The van der Waals surface area contributed by atoms with Crippen LogP contribution in [0, 0.1) is 0 Å². The summed E-state index contributed by atoms with van der Waals surface area (Å²) in [5.74, 6) is -0.0509. The summed E-state index contributed by atoms with van der Waals surface area (Å²) in [6.45, 7) is 4.91. The minimum Gasteiger partial charge on any atom is -0.500 e. The summed E-state index contributed by atoms with van der Waals surface area (Å²) >= 11 is 0. The minimum atomic E-state index is -4.37. The molecule has 0 aliphatic carbocycles. The Morgan fingerprint density at radius 3 is 2.23 bits per heavy atom. The number of ether oxygens (including phenoxy) is 1. The van der Waals surface area contributed by atoms with Gasteiger partial charge >= 0.3 is 6.18 Å². The number of alkyl halides is 3. The van der Waals surface area contributed by atoms with Crippen molar-refractivity contribution in [1.29, 1.82) is 0 Å². The molecule has 0 fully saturated rings. The number of halogens is 3. The van der Waals surface area contributed by atoms with Gasteiger partial charge in [0.1, 0.15) is 5.76 Å². The molecule has 0 aromatic rings. The predicted octanol–water partition coefficient (Wildman–Crippen LogP) is 3.44. The van der Waals surface area contributed by atoms with Crippen LogP contribution in [0.3, 0.4) is 0 Å². The Kier molecular flexibility index (Phi) is 4.59. The standard InChI is InChI=1S/C9H13F3O/c1-4-6-8(13-3)7(5-2)9(10,11)12/h5H,2,4,6H2,1,3H3/b8-7+. The lowest BCUT2D eigenvalue weighted by Crippen LogP contribution is -2.13. The molecule has 76 valence electrons. The highest BCUT2D eigenvalue weighted by Gasteiger charge is 2.34.